The second-order valence-electron chi connectivity index (χ2n) is 6.00. The fourth-order valence-corrected chi connectivity index (χ4v) is 3.48. The summed E-state index contributed by atoms with van der Waals surface area (Å²) in [4.78, 5) is 12.1. The standard InChI is InChI=1S/C20H20ClN5OS/c1-3-26-19(15-8-10-17(21)11-9-15)24-25-20(26)28-13-18(27)23-22-12-16-7-5-4-6-14(16)2/h4-12H,3,13H2,1-2H3,(H,23,27). The molecule has 1 aromatic heterocycles. The zero-order valence-electron chi connectivity index (χ0n) is 15.6. The summed E-state index contributed by atoms with van der Waals surface area (Å²) in [5, 5.41) is 13.9. The monoisotopic (exact) mass is 413 g/mol. The summed E-state index contributed by atoms with van der Waals surface area (Å²) in [6.07, 6.45) is 1.64. The highest BCUT2D eigenvalue weighted by molar-refractivity contribution is 7.99. The summed E-state index contributed by atoms with van der Waals surface area (Å²) < 4.78 is 1.97. The van der Waals surface area contributed by atoms with E-state index >= 15 is 0 Å². The third kappa shape index (κ3) is 4.99. The molecular formula is C20H20ClN5OS. The van der Waals surface area contributed by atoms with E-state index in [4.69, 9.17) is 11.6 Å². The summed E-state index contributed by atoms with van der Waals surface area (Å²) in [5.74, 6) is 0.748. The van der Waals surface area contributed by atoms with E-state index in [9.17, 15) is 4.79 Å². The van der Waals surface area contributed by atoms with Crippen LogP contribution < -0.4 is 5.43 Å². The Labute approximate surface area is 173 Å². The van der Waals surface area contributed by atoms with Crippen LogP contribution in [0.1, 0.15) is 18.1 Å². The lowest BCUT2D eigenvalue weighted by atomic mass is 10.1. The van der Waals surface area contributed by atoms with Crippen molar-refractivity contribution < 1.29 is 4.79 Å². The van der Waals surface area contributed by atoms with Gasteiger partial charge in [-0.2, -0.15) is 5.10 Å². The van der Waals surface area contributed by atoms with E-state index in [-0.39, 0.29) is 11.7 Å². The van der Waals surface area contributed by atoms with Crippen LogP contribution in [0.4, 0.5) is 0 Å². The van der Waals surface area contributed by atoms with Crippen LogP contribution in [0, 0.1) is 6.92 Å². The molecule has 1 amide bonds. The van der Waals surface area contributed by atoms with E-state index in [0.29, 0.717) is 16.7 Å². The maximum Gasteiger partial charge on any atom is 0.250 e. The number of hydrazone groups is 1. The first-order valence-corrected chi connectivity index (χ1v) is 10.1. The molecule has 1 heterocycles. The van der Waals surface area contributed by atoms with Gasteiger partial charge < -0.3 is 4.57 Å². The summed E-state index contributed by atoms with van der Waals surface area (Å²) in [6, 6.07) is 15.3. The minimum atomic E-state index is -0.200. The van der Waals surface area contributed by atoms with Crippen LogP contribution in [0.5, 0.6) is 0 Å². The summed E-state index contributed by atoms with van der Waals surface area (Å²) in [5.41, 5.74) is 5.54. The quantitative estimate of drug-likeness (QED) is 0.358. The Morgan fingerprint density at radius 1 is 1.21 bits per heavy atom. The van der Waals surface area contributed by atoms with Gasteiger partial charge in [-0.1, -0.05) is 47.6 Å². The number of aromatic nitrogens is 3. The molecule has 3 aromatic rings. The number of rotatable bonds is 7. The average Bonchev–Trinajstić information content (AvgIpc) is 3.11. The molecule has 3 rings (SSSR count). The minimum Gasteiger partial charge on any atom is -0.302 e. The Morgan fingerprint density at radius 3 is 2.68 bits per heavy atom. The molecule has 1 N–H and O–H groups in total. The highest BCUT2D eigenvalue weighted by Crippen LogP contribution is 2.24. The van der Waals surface area contributed by atoms with Crippen molar-refractivity contribution >= 4 is 35.5 Å². The minimum absolute atomic E-state index is 0.198. The first-order valence-electron chi connectivity index (χ1n) is 8.78. The van der Waals surface area contributed by atoms with Gasteiger partial charge in [0.05, 0.1) is 12.0 Å². The summed E-state index contributed by atoms with van der Waals surface area (Å²) in [6.45, 7) is 4.70. The van der Waals surface area contributed by atoms with Crippen molar-refractivity contribution in [3.8, 4) is 11.4 Å². The smallest absolute Gasteiger partial charge is 0.250 e. The number of thioether (sulfide) groups is 1. The van der Waals surface area contributed by atoms with Gasteiger partial charge in [-0.25, -0.2) is 5.43 Å². The van der Waals surface area contributed by atoms with Crippen LogP contribution in [0.3, 0.4) is 0 Å². The number of benzene rings is 2. The summed E-state index contributed by atoms with van der Waals surface area (Å²) >= 11 is 7.27. The first kappa shape index (κ1) is 20.1. The highest BCUT2D eigenvalue weighted by atomic mass is 35.5. The molecule has 8 heteroatoms. The molecule has 0 saturated carbocycles. The maximum atomic E-state index is 12.1. The molecule has 2 aromatic carbocycles. The van der Waals surface area contributed by atoms with Crippen LogP contribution >= 0.6 is 23.4 Å². The number of nitrogens with one attached hydrogen (secondary N) is 1. The Kier molecular flexibility index (Phi) is 6.84. The third-order valence-corrected chi connectivity index (χ3v) is 5.27. The molecule has 28 heavy (non-hydrogen) atoms. The lowest BCUT2D eigenvalue weighted by Gasteiger charge is -2.07. The molecule has 0 bridgehead atoms. The largest absolute Gasteiger partial charge is 0.302 e. The molecule has 0 aliphatic rings. The van der Waals surface area contributed by atoms with Crippen molar-refractivity contribution in [1.82, 2.24) is 20.2 Å². The first-order chi connectivity index (χ1) is 13.6. The number of carbonyl (C=O) groups is 1. The maximum absolute atomic E-state index is 12.1. The normalized spacial score (nSPS) is 11.1. The SMILES string of the molecule is CCn1c(SCC(=O)NN=Cc2ccccc2C)nnc1-c1ccc(Cl)cc1. The van der Waals surface area contributed by atoms with Crippen molar-refractivity contribution in [2.75, 3.05) is 5.75 Å². The Balaban J connectivity index is 1.60. The number of amides is 1. The van der Waals surface area contributed by atoms with E-state index in [1.807, 2.05) is 66.9 Å². The van der Waals surface area contributed by atoms with Gasteiger partial charge in [0, 0.05) is 17.1 Å². The summed E-state index contributed by atoms with van der Waals surface area (Å²) in [7, 11) is 0. The molecule has 0 aliphatic heterocycles. The van der Waals surface area contributed by atoms with E-state index < -0.39 is 0 Å². The van der Waals surface area contributed by atoms with Gasteiger partial charge in [0.1, 0.15) is 0 Å². The second kappa shape index (κ2) is 9.52. The lowest BCUT2D eigenvalue weighted by Crippen LogP contribution is -2.20. The van der Waals surface area contributed by atoms with Gasteiger partial charge >= 0.3 is 0 Å². The molecular weight excluding hydrogens is 394 g/mol. The molecule has 144 valence electrons. The Hall–Kier alpha value is -2.64. The van der Waals surface area contributed by atoms with Crippen LogP contribution in [0.25, 0.3) is 11.4 Å². The van der Waals surface area contributed by atoms with E-state index in [1.165, 1.54) is 11.8 Å². The zero-order chi connectivity index (χ0) is 19.9. The van der Waals surface area contributed by atoms with Gasteiger partial charge in [-0.15, -0.1) is 10.2 Å². The number of hydrogen-bond donors (Lipinski definition) is 1. The molecule has 0 saturated heterocycles. The molecule has 0 atom stereocenters. The number of nitrogens with zero attached hydrogens (tertiary/aromatic N) is 4. The molecule has 6 nitrogen and oxygen atoms in total. The molecule has 0 radical (unpaired) electrons. The zero-order valence-corrected chi connectivity index (χ0v) is 17.2. The molecule has 0 fully saturated rings. The van der Waals surface area contributed by atoms with Gasteiger partial charge in [-0.05, 0) is 49.2 Å². The topological polar surface area (TPSA) is 72.2 Å². The van der Waals surface area contributed by atoms with Crippen molar-refractivity contribution in [3.63, 3.8) is 0 Å². The lowest BCUT2D eigenvalue weighted by molar-refractivity contribution is -0.118. The van der Waals surface area contributed by atoms with Crippen molar-refractivity contribution in [1.29, 1.82) is 0 Å². The van der Waals surface area contributed by atoms with Crippen molar-refractivity contribution in [2.45, 2.75) is 25.5 Å². The van der Waals surface area contributed by atoms with Crippen LogP contribution in [0.2, 0.25) is 5.02 Å². The van der Waals surface area contributed by atoms with Crippen molar-refractivity contribution in [3.05, 3.63) is 64.7 Å². The number of hydrogen-bond acceptors (Lipinski definition) is 5. The number of halogens is 1. The third-order valence-electron chi connectivity index (χ3n) is 4.05. The van der Waals surface area contributed by atoms with E-state index in [0.717, 1.165) is 22.5 Å². The van der Waals surface area contributed by atoms with Crippen LogP contribution in [-0.4, -0.2) is 32.6 Å². The molecule has 0 spiro atoms. The Morgan fingerprint density at radius 2 is 1.96 bits per heavy atom. The van der Waals surface area contributed by atoms with Crippen LogP contribution in [0.15, 0.2) is 58.8 Å². The average molecular weight is 414 g/mol. The fraction of sp³-hybridized carbons (Fsp3) is 0.200. The second-order valence-corrected chi connectivity index (χ2v) is 7.37. The molecule has 0 aliphatic carbocycles. The van der Waals surface area contributed by atoms with Crippen molar-refractivity contribution in [2.24, 2.45) is 5.10 Å². The predicted octanol–water partition coefficient (Wildman–Crippen LogP) is 4.17. The van der Waals surface area contributed by atoms with Gasteiger partial charge in [0.15, 0.2) is 11.0 Å². The molecule has 0 unspecified atom stereocenters. The van der Waals surface area contributed by atoms with Gasteiger partial charge in [0.25, 0.3) is 5.91 Å². The van der Waals surface area contributed by atoms with E-state index in [1.54, 1.807) is 6.21 Å². The van der Waals surface area contributed by atoms with Crippen LogP contribution in [-0.2, 0) is 11.3 Å². The Bertz CT molecular complexity index is 985. The fourth-order valence-electron chi connectivity index (χ4n) is 2.56. The van der Waals surface area contributed by atoms with Gasteiger partial charge in [-0.3, -0.25) is 4.79 Å². The number of aryl methyl sites for hydroxylation is 1. The van der Waals surface area contributed by atoms with E-state index in [2.05, 4.69) is 20.7 Å². The number of carbonyl (C=O) groups excluding carboxylic acids is 1. The van der Waals surface area contributed by atoms with Gasteiger partial charge in [0.2, 0.25) is 0 Å². The highest BCUT2D eigenvalue weighted by Gasteiger charge is 2.14. The predicted molar refractivity (Wildman–Crippen MR) is 114 cm³/mol.